The van der Waals surface area contributed by atoms with Crippen molar-refractivity contribution in [1.82, 2.24) is 0 Å². The first-order valence-electron chi connectivity index (χ1n) is 6.17. The quantitative estimate of drug-likeness (QED) is 0.608. The first-order chi connectivity index (χ1) is 8.40. The molecule has 0 saturated heterocycles. The van der Waals surface area contributed by atoms with E-state index in [4.69, 9.17) is 0 Å². The van der Waals surface area contributed by atoms with Gasteiger partial charge in [-0.15, -0.1) is 0 Å². The van der Waals surface area contributed by atoms with E-state index in [2.05, 4.69) is 38.1 Å². The lowest BCUT2D eigenvalue weighted by Crippen LogP contribution is -1.87. The lowest BCUT2D eigenvalue weighted by atomic mass is 10.1. The maximum absolute atomic E-state index is 12.8. The molecule has 18 heavy (non-hydrogen) atoms. The minimum absolute atomic E-state index is 0.0995. The Hall–Kier alpha value is -1.63. The fraction of sp³-hybridized carbons (Fsp3) is 0.294. The summed E-state index contributed by atoms with van der Waals surface area (Å²) >= 11 is 0. The van der Waals surface area contributed by atoms with Gasteiger partial charge in [0.2, 0.25) is 0 Å². The first kappa shape index (κ1) is 14.4. The fourth-order valence-corrected chi connectivity index (χ4v) is 1.62. The van der Waals surface area contributed by atoms with Gasteiger partial charge in [0.1, 0.15) is 5.82 Å². The molecule has 0 radical (unpaired) electrons. The minimum Gasteiger partial charge on any atom is -0.207 e. The SMILES string of the molecule is Cc1cc(C)c(C)c(F)c1.Cc1ccc(C)cc1. The van der Waals surface area contributed by atoms with Crippen LogP contribution >= 0.6 is 0 Å². The van der Waals surface area contributed by atoms with Crippen LogP contribution in [-0.2, 0) is 0 Å². The molecule has 0 atom stereocenters. The van der Waals surface area contributed by atoms with Crippen LogP contribution in [0.25, 0.3) is 0 Å². The summed E-state index contributed by atoms with van der Waals surface area (Å²) in [5.41, 5.74) is 5.43. The third-order valence-electron chi connectivity index (χ3n) is 2.97. The van der Waals surface area contributed by atoms with Gasteiger partial charge in [0.25, 0.3) is 0 Å². The number of hydrogen-bond donors (Lipinski definition) is 0. The Kier molecular flexibility index (Phi) is 5.08. The van der Waals surface area contributed by atoms with Gasteiger partial charge in [0.15, 0.2) is 0 Å². The van der Waals surface area contributed by atoms with Gasteiger partial charge in [0.05, 0.1) is 0 Å². The summed E-state index contributed by atoms with van der Waals surface area (Å²) in [4.78, 5) is 0. The number of rotatable bonds is 0. The highest BCUT2D eigenvalue weighted by molar-refractivity contribution is 5.30. The molecule has 2 aromatic carbocycles. The molecule has 0 nitrogen and oxygen atoms in total. The molecule has 2 rings (SSSR count). The minimum atomic E-state index is -0.0995. The van der Waals surface area contributed by atoms with Gasteiger partial charge in [0, 0.05) is 0 Å². The van der Waals surface area contributed by atoms with Crippen molar-refractivity contribution in [2.75, 3.05) is 0 Å². The van der Waals surface area contributed by atoms with E-state index in [0.29, 0.717) is 0 Å². The number of benzene rings is 2. The number of hydrogen-bond acceptors (Lipinski definition) is 0. The number of halogens is 1. The maximum atomic E-state index is 12.8. The molecule has 0 unspecified atom stereocenters. The van der Waals surface area contributed by atoms with E-state index in [1.165, 1.54) is 11.1 Å². The smallest absolute Gasteiger partial charge is 0.126 e. The van der Waals surface area contributed by atoms with Crippen LogP contribution in [0.2, 0.25) is 0 Å². The van der Waals surface area contributed by atoms with E-state index in [1.807, 2.05) is 19.9 Å². The molecule has 0 spiro atoms. The second kappa shape index (κ2) is 6.34. The van der Waals surface area contributed by atoms with Gasteiger partial charge in [-0.3, -0.25) is 0 Å². The molecule has 1 heteroatoms. The van der Waals surface area contributed by atoms with Crippen LogP contribution < -0.4 is 0 Å². The monoisotopic (exact) mass is 244 g/mol. The fourth-order valence-electron chi connectivity index (χ4n) is 1.62. The van der Waals surface area contributed by atoms with Crippen LogP contribution in [0.1, 0.15) is 27.8 Å². The van der Waals surface area contributed by atoms with E-state index in [9.17, 15) is 4.39 Å². The van der Waals surface area contributed by atoms with E-state index in [0.717, 1.165) is 16.7 Å². The van der Waals surface area contributed by atoms with Crippen LogP contribution in [0.3, 0.4) is 0 Å². The Labute approximate surface area is 109 Å². The largest absolute Gasteiger partial charge is 0.207 e. The Morgan fingerprint density at radius 2 is 1.11 bits per heavy atom. The summed E-state index contributed by atoms with van der Waals surface area (Å²) in [6, 6.07) is 12.0. The predicted octanol–water partition coefficient (Wildman–Crippen LogP) is 5.05. The van der Waals surface area contributed by atoms with Crippen molar-refractivity contribution < 1.29 is 4.39 Å². The van der Waals surface area contributed by atoms with Crippen LogP contribution in [-0.4, -0.2) is 0 Å². The van der Waals surface area contributed by atoms with Crippen molar-refractivity contribution in [2.24, 2.45) is 0 Å². The van der Waals surface area contributed by atoms with Crippen LogP contribution in [0.15, 0.2) is 36.4 Å². The topological polar surface area (TPSA) is 0 Å². The molecular formula is C17H21F. The molecule has 0 aliphatic heterocycles. The summed E-state index contributed by atoms with van der Waals surface area (Å²) in [5, 5.41) is 0. The average molecular weight is 244 g/mol. The zero-order valence-corrected chi connectivity index (χ0v) is 11.8. The van der Waals surface area contributed by atoms with Crippen molar-refractivity contribution in [3.8, 4) is 0 Å². The number of aryl methyl sites for hydroxylation is 4. The van der Waals surface area contributed by atoms with Gasteiger partial charge in [-0.1, -0.05) is 41.5 Å². The van der Waals surface area contributed by atoms with Crippen LogP contribution in [0.4, 0.5) is 4.39 Å². The molecule has 0 heterocycles. The van der Waals surface area contributed by atoms with Crippen molar-refractivity contribution in [3.05, 3.63) is 70.0 Å². The predicted molar refractivity (Wildman–Crippen MR) is 76.5 cm³/mol. The average Bonchev–Trinajstić information content (AvgIpc) is 2.31. The Balaban J connectivity index is 0.000000184. The lowest BCUT2D eigenvalue weighted by molar-refractivity contribution is 0.615. The van der Waals surface area contributed by atoms with Crippen LogP contribution in [0, 0.1) is 40.4 Å². The van der Waals surface area contributed by atoms with Gasteiger partial charge >= 0.3 is 0 Å². The third-order valence-corrected chi connectivity index (χ3v) is 2.97. The van der Waals surface area contributed by atoms with Crippen molar-refractivity contribution in [1.29, 1.82) is 0 Å². The molecule has 0 fully saturated rings. The molecule has 0 saturated carbocycles. The van der Waals surface area contributed by atoms with Crippen molar-refractivity contribution >= 4 is 0 Å². The van der Waals surface area contributed by atoms with Crippen molar-refractivity contribution in [2.45, 2.75) is 34.6 Å². The second-order valence-electron chi connectivity index (χ2n) is 4.84. The van der Waals surface area contributed by atoms with Gasteiger partial charge in [-0.25, -0.2) is 4.39 Å². The van der Waals surface area contributed by atoms with E-state index in [1.54, 1.807) is 13.0 Å². The van der Waals surface area contributed by atoms with E-state index in [-0.39, 0.29) is 5.82 Å². The molecular weight excluding hydrogens is 223 g/mol. The van der Waals surface area contributed by atoms with Gasteiger partial charge < -0.3 is 0 Å². The van der Waals surface area contributed by atoms with E-state index >= 15 is 0 Å². The van der Waals surface area contributed by atoms with Crippen LogP contribution in [0.5, 0.6) is 0 Å². The zero-order chi connectivity index (χ0) is 13.7. The van der Waals surface area contributed by atoms with Gasteiger partial charge in [-0.2, -0.15) is 0 Å². The summed E-state index contributed by atoms with van der Waals surface area (Å²) in [7, 11) is 0. The highest BCUT2D eigenvalue weighted by Crippen LogP contribution is 2.13. The second-order valence-corrected chi connectivity index (χ2v) is 4.84. The molecule has 0 amide bonds. The molecule has 0 aliphatic rings. The Morgan fingerprint density at radius 1 is 0.667 bits per heavy atom. The summed E-state index contributed by atoms with van der Waals surface area (Å²) in [6.07, 6.45) is 0. The first-order valence-corrected chi connectivity index (χ1v) is 6.17. The molecule has 96 valence electrons. The summed E-state index contributed by atoms with van der Waals surface area (Å²) in [5.74, 6) is -0.0995. The molecule has 0 aromatic heterocycles. The van der Waals surface area contributed by atoms with Gasteiger partial charge in [-0.05, 0) is 57.4 Å². The van der Waals surface area contributed by atoms with Crippen molar-refractivity contribution in [3.63, 3.8) is 0 Å². The van der Waals surface area contributed by atoms with E-state index < -0.39 is 0 Å². The molecule has 0 aliphatic carbocycles. The standard InChI is InChI=1S/C9H11F.C8H10/c1-6-4-7(2)8(3)9(10)5-6;1-7-3-5-8(2)6-4-7/h4-5H,1-3H3;3-6H,1-2H3. The normalized spacial score (nSPS) is 9.67. The maximum Gasteiger partial charge on any atom is 0.126 e. The molecule has 2 aromatic rings. The zero-order valence-electron chi connectivity index (χ0n) is 11.8. The third kappa shape index (κ3) is 4.33. The lowest BCUT2D eigenvalue weighted by Gasteiger charge is -2.01. The molecule has 0 bridgehead atoms. The summed E-state index contributed by atoms with van der Waals surface area (Å²) < 4.78 is 12.8. The highest BCUT2D eigenvalue weighted by atomic mass is 19.1. The highest BCUT2D eigenvalue weighted by Gasteiger charge is 1.99. The Morgan fingerprint density at radius 3 is 1.50 bits per heavy atom. The summed E-state index contributed by atoms with van der Waals surface area (Å²) in [6.45, 7) is 9.81. The molecule has 0 N–H and O–H groups in total. The Bertz CT molecular complexity index is 466.